The van der Waals surface area contributed by atoms with Gasteiger partial charge in [0.2, 0.25) is 0 Å². The molecule has 2 aliphatic carbocycles. The van der Waals surface area contributed by atoms with Crippen molar-refractivity contribution in [3.63, 3.8) is 0 Å². The van der Waals surface area contributed by atoms with Crippen molar-refractivity contribution in [2.45, 2.75) is 83.9 Å². The highest BCUT2D eigenvalue weighted by molar-refractivity contribution is 7.92. The number of hydrogen-bond acceptors (Lipinski definition) is 6. The van der Waals surface area contributed by atoms with E-state index in [2.05, 4.69) is 50.5 Å². The van der Waals surface area contributed by atoms with E-state index in [1.807, 2.05) is 25.1 Å². The molecule has 48 heavy (non-hydrogen) atoms. The molecule has 0 aromatic heterocycles. The highest BCUT2D eigenvalue weighted by Crippen LogP contribution is 2.42. The summed E-state index contributed by atoms with van der Waals surface area (Å²) in [5.74, 6) is 1.15. The molecule has 4 aliphatic rings. The molecule has 11 heteroatoms. The number of hydrogen-bond donors (Lipinski definition) is 2. The van der Waals surface area contributed by atoms with Gasteiger partial charge in [0.15, 0.2) is 0 Å². The van der Waals surface area contributed by atoms with Gasteiger partial charge in [-0.15, -0.1) is 4.36 Å². The second-order valence-electron chi connectivity index (χ2n) is 14.0. The maximum atomic E-state index is 14.4. The van der Waals surface area contributed by atoms with E-state index in [9.17, 15) is 13.8 Å². The molecule has 7 atom stereocenters. The predicted molar refractivity (Wildman–Crippen MR) is 191 cm³/mol. The van der Waals surface area contributed by atoms with Crippen LogP contribution in [0.2, 0.25) is 5.02 Å². The first-order valence-electron chi connectivity index (χ1n) is 17.5. The SMILES string of the molecule is CC[C@@H]1C[C@H]1NC(=O)NS1(=O)=NC(=O)c2ccc3c(c2)N(Cc2ccc(Cl)cc2CCCCO3)C[C@@H]2CC[C@H]2[C@@H](OC)/C=C/C[C@H](C)C1. The zero-order valence-corrected chi connectivity index (χ0v) is 29.9. The van der Waals surface area contributed by atoms with Crippen LogP contribution in [-0.2, 0) is 27.6 Å². The monoisotopic (exact) mass is 696 g/mol. The molecule has 1 unspecified atom stereocenters. The summed E-state index contributed by atoms with van der Waals surface area (Å²) in [6.07, 6.45) is 11.5. The van der Waals surface area contributed by atoms with Crippen LogP contribution >= 0.6 is 11.6 Å². The minimum atomic E-state index is -3.45. The lowest BCUT2D eigenvalue weighted by Crippen LogP contribution is -2.43. The Kier molecular flexibility index (Phi) is 11.0. The number of allylic oxidation sites excluding steroid dienone is 1. The zero-order chi connectivity index (χ0) is 33.8. The average molecular weight is 697 g/mol. The second-order valence-corrected chi connectivity index (χ2v) is 16.5. The molecule has 0 saturated heterocycles. The minimum absolute atomic E-state index is 0.0432. The van der Waals surface area contributed by atoms with Gasteiger partial charge in [0.25, 0.3) is 5.91 Å². The first-order chi connectivity index (χ1) is 23.1. The second kappa shape index (κ2) is 15.2. The highest BCUT2D eigenvalue weighted by Gasteiger charge is 2.39. The molecule has 3 amide bonds. The molecule has 0 radical (unpaired) electrons. The third-order valence-electron chi connectivity index (χ3n) is 10.4. The van der Waals surface area contributed by atoms with Gasteiger partial charge in [-0.3, -0.25) is 9.52 Å². The fourth-order valence-electron chi connectivity index (χ4n) is 7.39. The Bertz CT molecular complexity index is 1660. The van der Waals surface area contributed by atoms with Gasteiger partial charge >= 0.3 is 6.03 Å². The molecular formula is C37H49ClN4O5S. The molecular weight excluding hydrogens is 648 g/mol. The molecule has 2 aliphatic heterocycles. The number of fused-ring (bicyclic) bond motifs is 3. The third-order valence-corrected chi connectivity index (χ3v) is 12.6. The zero-order valence-electron chi connectivity index (χ0n) is 28.3. The average Bonchev–Trinajstić information content (AvgIpc) is 3.79. The maximum absolute atomic E-state index is 14.4. The number of rotatable bonds is 4. The Balaban J connectivity index is 1.41. The van der Waals surface area contributed by atoms with E-state index < -0.39 is 21.9 Å². The van der Waals surface area contributed by atoms with E-state index in [1.54, 1.807) is 13.2 Å². The molecule has 2 fully saturated rings. The Labute approximate surface area is 290 Å². The number of anilines is 1. The van der Waals surface area contributed by atoms with Crippen molar-refractivity contribution in [2.24, 2.45) is 28.0 Å². The number of aryl methyl sites for hydroxylation is 1. The number of benzene rings is 2. The summed E-state index contributed by atoms with van der Waals surface area (Å²) in [5.41, 5.74) is 3.51. The van der Waals surface area contributed by atoms with E-state index in [4.69, 9.17) is 21.1 Å². The van der Waals surface area contributed by atoms with E-state index in [0.29, 0.717) is 48.6 Å². The van der Waals surface area contributed by atoms with Gasteiger partial charge in [-0.2, -0.15) is 0 Å². The molecule has 260 valence electrons. The molecule has 2 aromatic carbocycles. The third kappa shape index (κ3) is 8.37. The van der Waals surface area contributed by atoms with Gasteiger partial charge in [-0.1, -0.05) is 50.1 Å². The van der Waals surface area contributed by atoms with Crippen LogP contribution in [0.25, 0.3) is 0 Å². The molecule has 2 aromatic rings. The summed E-state index contributed by atoms with van der Waals surface area (Å²) in [4.78, 5) is 29.2. The van der Waals surface area contributed by atoms with Crippen molar-refractivity contribution < 1.29 is 23.3 Å². The van der Waals surface area contributed by atoms with Crippen molar-refractivity contribution in [3.05, 3.63) is 70.3 Å². The first kappa shape index (κ1) is 34.8. The molecule has 6 rings (SSSR count). The van der Waals surface area contributed by atoms with Crippen molar-refractivity contribution in [3.8, 4) is 5.75 Å². The van der Waals surface area contributed by atoms with Crippen LogP contribution in [-0.4, -0.2) is 54.3 Å². The molecule has 2 N–H and O–H groups in total. The lowest BCUT2D eigenvalue weighted by molar-refractivity contribution is 0.0133. The maximum Gasteiger partial charge on any atom is 0.327 e. The van der Waals surface area contributed by atoms with Crippen LogP contribution in [0, 0.1) is 23.7 Å². The number of nitrogens with one attached hydrogen (secondary N) is 2. The molecule has 9 nitrogen and oxygen atoms in total. The number of ether oxygens (including phenoxy) is 2. The number of nitrogens with zero attached hydrogens (tertiary/aromatic N) is 2. The minimum Gasteiger partial charge on any atom is -0.491 e. The van der Waals surface area contributed by atoms with E-state index >= 15 is 0 Å². The Morgan fingerprint density at radius 2 is 2.02 bits per heavy atom. The van der Waals surface area contributed by atoms with Crippen LogP contribution < -0.4 is 19.7 Å². The van der Waals surface area contributed by atoms with Crippen LogP contribution in [0.5, 0.6) is 5.75 Å². The van der Waals surface area contributed by atoms with Gasteiger partial charge in [0, 0.05) is 36.8 Å². The fourth-order valence-corrected chi connectivity index (χ4v) is 9.42. The first-order valence-corrected chi connectivity index (χ1v) is 19.6. The lowest BCUT2D eigenvalue weighted by atomic mass is 9.70. The van der Waals surface area contributed by atoms with E-state index in [-0.39, 0.29) is 23.8 Å². The van der Waals surface area contributed by atoms with Crippen LogP contribution in [0.15, 0.2) is 52.9 Å². The summed E-state index contributed by atoms with van der Waals surface area (Å²) in [7, 11) is -1.69. The van der Waals surface area contributed by atoms with Gasteiger partial charge in [-0.25, -0.2) is 9.00 Å². The van der Waals surface area contributed by atoms with Crippen molar-refractivity contribution in [1.82, 2.24) is 10.0 Å². The quantitative estimate of drug-likeness (QED) is 0.325. The summed E-state index contributed by atoms with van der Waals surface area (Å²) >= 11 is 6.46. The number of carbonyl (C=O) groups is 2. The van der Waals surface area contributed by atoms with Crippen molar-refractivity contribution >= 4 is 39.1 Å². The number of urea groups is 1. The number of halogens is 1. The van der Waals surface area contributed by atoms with Gasteiger partial charge in [0.05, 0.1) is 24.2 Å². The largest absolute Gasteiger partial charge is 0.491 e. The molecule has 2 heterocycles. The Morgan fingerprint density at radius 3 is 2.77 bits per heavy atom. The summed E-state index contributed by atoms with van der Waals surface area (Å²) in [6, 6.07) is 11.0. The van der Waals surface area contributed by atoms with Crippen LogP contribution in [0.3, 0.4) is 0 Å². The highest BCUT2D eigenvalue weighted by atomic mass is 35.5. The normalized spacial score (nSPS) is 31.3. The van der Waals surface area contributed by atoms with Crippen LogP contribution in [0.4, 0.5) is 10.5 Å². The van der Waals surface area contributed by atoms with E-state index in [0.717, 1.165) is 62.2 Å². The van der Waals surface area contributed by atoms with E-state index in [1.165, 1.54) is 11.1 Å². The van der Waals surface area contributed by atoms with Crippen molar-refractivity contribution in [1.29, 1.82) is 0 Å². The smallest absolute Gasteiger partial charge is 0.327 e. The van der Waals surface area contributed by atoms with Gasteiger partial charge < -0.3 is 19.7 Å². The fraction of sp³-hybridized carbons (Fsp3) is 0.568. The van der Waals surface area contributed by atoms with Crippen LogP contribution in [0.1, 0.15) is 80.3 Å². The molecule has 2 bridgehead atoms. The summed E-state index contributed by atoms with van der Waals surface area (Å²) < 4.78 is 33.6. The topological polar surface area (TPSA) is 109 Å². The Hall–Kier alpha value is -3.08. The summed E-state index contributed by atoms with van der Waals surface area (Å²) in [6.45, 7) is 5.96. The standard InChI is InChI=1S/C37H49ClN4O5S/c1-4-25-19-32(25)39-37(44)41-48(45)23-24(2)8-7-10-34(46-3)31-15-12-29(31)22-42-21-28-11-14-30(38)18-26(28)9-5-6-17-47-35-16-13-27(20-33(35)42)36(43)40-48/h7,10-11,13-14,16,18,20,24-25,29,31-32,34H,4-6,8-9,12,15,17,19,21-23H2,1-3H3,(H2,39,40,41,43,44,45)/b10-7+/t24-,25+,29-,31+,32+,34-,48?/m0/s1. The number of carbonyl (C=O) groups excluding carboxylic acids is 2. The van der Waals surface area contributed by atoms with Gasteiger partial charge in [0.1, 0.15) is 15.7 Å². The number of methoxy groups -OCH3 is 1. The molecule has 2 saturated carbocycles. The summed E-state index contributed by atoms with van der Waals surface area (Å²) in [5, 5.41) is 3.64. The Morgan fingerprint density at radius 1 is 1.17 bits per heavy atom. The number of amides is 3. The van der Waals surface area contributed by atoms with Crippen molar-refractivity contribution in [2.75, 3.05) is 30.9 Å². The van der Waals surface area contributed by atoms with Gasteiger partial charge in [-0.05, 0) is 110 Å². The lowest BCUT2D eigenvalue weighted by Gasteiger charge is -2.43. The molecule has 0 spiro atoms. The predicted octanol–water partition coefficient (Wildman–Crippen LogP) is 7.32.